The third-order valence-electron chi connectivity index (χ3n) is 3.27. The van der Waals surface area contributed by atoms with Crippen LogP contribution in [0.2, 0.25) is 0 Å². The van der Waals surface area contributed by atoms with E-state index in [4.69, 9.17) is 8.92 Å². The van der Waals surface area contributed by atoms with Gasteiger partial charge >= 0.3 is 0 Å². The number of aryl methyl sites for hydroxylation is 2. The minimum absolute atomic E-state index is 0.0206. The van der Waals surface area contributed by atoms with Crippen LogP contribution >= 0.6 is 0 Å². The van der Waals surface area contributed by atoms with Crippen molar-refractivity contribution in [1.82, 2.24) is 0 Å². The summed E-state index contributed by atoms with van der Waals surface area (Å²) in [4.78, 5) is -0.369. The Hall–Kier alpha value is -1.94. The molecule has 0 saturated carbocycles. The maximum absolute atomic E-state index is 12.0. The Morgan fingerprint density at radius 3 is 2.08 bits per heavy atom. The van der Waals surface area contributed by atoms with Gasteiger partial charge in [0.2, 0.25) is 0 Å². The van der Waals surface area contributed by atoms with E-state index in [1.165, 1.54) is 30.3 Å². The highest BCUT2D eigenvalue weighted by molar-refractivity contribution is 7.86. The largest absolute Gasteiger partial charge is 0.490 e. The monoisotopic (exact) mass is 386 g/mol. The van der Waals surface area contributed by atoms with Crippen molar-refractivity contribution in [3.8, 4) is 5.75 Å². The van der Waals surface area contributed by atoms with Crippen LogP contribution in [0.3, 0.4) is 0 Å². The van der Waals surface area contributed by atoms with E-state index in [0.717, 1.165) is 11.1 Å². The quantitative estimate of drug-likeness (QED) is 0.442. The summed E-state index contributed by atoms with van der Waals surface area (Å²) in [5.74, 6) is -0.0705. The van der Waals surface area contributed by atoms with Gasteiger partial charge in [-0.25, -0.2) is 0 Å². The highest BCUT2D eigenvalue weighted by atomic mass is 32.2. The molecule has 0 atom stereocenters. The first-order valence-corrected chi connectivity index (χ1v) is 10.1. The zero-order valence-electron chi connectivity index (χ0n) is 13.7. The molecule has 136 valence electrons. The first-order chi connectivity index (χ1) is 11.6. The third-order valence-corrected chi connectivity index (χ3v) is 5.49. The van der Waals surface area contributed by atoms with Crippen LogP contribution in [0.15, 0.2) is 52.3 Å². The van der Waals surface area contributed by atoms with Crippen LogP contribution in [0.4, 0.5) is 0 Å². The summed E-state index contributed by atoms with van der Waals surface area (Å²) in [5, 5.41) is 0. The van der Waals surface area contributed by atoms with E-state index in [-0.39, 0.29) is 28.8 Å². The van der Waals surface area contributed by atoms with Crippen LogP contribution in [0, 0.1) is 13.8 Å². The minimum Gasteiger partial charge on any atom is -0.490 e. The lowest BCUT2D eigenvalue weighted by Crippen LogP contribution is -2.14. The standard InChI is InChI=1S/C16H18O7S2/c1-12-3-6-14(7-4-12)25(20,21)23-10-9-22-15-11-13(2)5-8-16(15)24(17,18)19/h3-8,11H,9-10H2,1-2H3,(H,17,18,19). The van der Waals surface area contributed by atoms with Crippen molar-refractivity contribution in [2.75, 3.05) is 13.2 Å². The van der Waals surface area contributed by atoms with Crippen LogP contribution < -0.4 is 4.74 Å². The first-order valence-electron chi connectivity index (χ1n) is 7.27. The Labute approximate surface area is 147 Å². The maximum atomic E-state index is 12.0. The minimum atomic E-state index is -4.45. The van der Waals surface area contributed by atoms with Crippen molar-refractivity contribution < 1.29 is 30.3 Å². The second-order valence-corrected chi connectivity index (χ2v) is 8.37. The zero-order valence-corrected chi connectivity index (χ0v) is 15.3. The molecule has 0 aromatic heterocycles. The molecule has 1 N–H and O–H groups in total. The summed E-state index contributed by atoms with van der Waals surface area (Å²) in [6.45, 7) is 3.03. The molecule has 0 heterocycles. The van der Waals surface area contributed by atoms with E-state index in [1.54, 1.807) is 19.1 Å². The van der Waals surface area contributed by atoms with Crippen LogP contribution in [0.5, 0.6) is 5.75 Å². The molecule has 0 bridgehead atoms. The van der Waals surface area contributed by atoms with Gasteiger partial charge < -0.3 is 4.74 Å². The lowest BCUT2D eigenvalue weighted by molar-refractivity contribution is 0.217. The fraction of sp³-hybridized carbons (Fsp3) is 0.250. The summed E-state index contributed by atoms with van der Waals surface area (Å²) in [6.07, 6.45) is 0. The van der Waals surface area contributed by atoms with Crippen molar-refractivity contribution in [2.24, 2.45) is 0 Å². The Morgan fingerprint density at radius 1 is 0.880 bits per heavy atom. The number of hydrogen-bond donors (Lipinski definition) is 1. The highest BCUT2D eigenvalue weighted by Gasteiger charge is 2.18. The van der Waals surface area contributed by atoms with E-state index < -0.39 is 20.2 Å². The number of ether oxygens (including phenoxy) is 1. The van der Waals surface area contributed by atoms with E-state index in [0.29, 0.717) is 0 Å². The van der Waals surface area contributed by atoms with Gasteiger partial charge in [0, 0.05) is 0 Å². The molecule has 2 aromatic carbocycles. The molecule has 0 aliphatic rings. The van der Waals surface area contributed by atoms with E-state index >= 15 is 0 Å². The second kappa shape index (κ2) is 7.52. The van der Waals surface area contributed by atoms with Gasteiger partial charge in [-0.1, -0.05) is 23.8 Å². The number of hydrogen-bond acceptors (Lipinski definition) is 6. The summed E-state index contributed by atoms with van der Waals surface area (Å²) >= 11 is 0. The number of benzene rings is 2. The predicted octanol–water partition coefficient (Wildman–Crippen LogP) is 2.33. The van der Waals surface area contributed by atoms with Gasteiger partial charge in [-0.15, -0.1) is 0 Å². The Bertz CT molecular complexity index is 946. The topological polar surface area (TPSA) is 107 Å². The average molecular weight is 386 g/mol. The lowest BCUT2D eigenvalue weighted by Gasteiger charge is -2.11. The summed E-state index contributed by atoms with van der Waals surface area (Å²) in [5.41, 5.74) is 1.63. The van der Waals surface area contributed by atoms with E-state index in [1.807, 2.05) is 6.92 Å². The molecular formula is C16H18O7S2. The van der Waals surface area contributed by atoms with Crippen LogP contribution in [0.25, 0.3) is 0 Å². The normalized spacial score (nSPS) is 12.1. The van der Waals surface area contributed by atoms with Crippen molar-refractivity contribution in [3.63, 3.8) is 0 Å². The predicted molar refractivity (Wildman–Crippen MR) is 90.8 cm³/mol. The molecule has 2 rings (SSSR count). The molecule has 0 radical (unpaired) electrons. The van der Waals surface area contributed by atoms with Crippen LogP contribution in [-0.4, -0.2) is 34.6 Å². The van der Waals surface area contributed by atoms with E-state index in [9.17, 15) is 21.4 Å². The summed E-state index contributed by atoms with van der Waals surface area (Å²) in [7, 11) is -8.37. The summed E-state index contributed by atoms with van der Waals surface area (Å²) in [6, 6.07) is 10.3. The molecule has 2 aromatic rings. The van der Waals surface area contributed by atoms with Gasteiger partial charge in [-0.3, -0.25) is 8.74 Å². The molecule has 0 unspecified atom stereocenters. The van der Waals surface area contributed by atoms with Crippen molar-refractivity contribution in [1.29, 1.82) is 0 Å². The first kappa shape index (κ1) is 19.4. The van der Waals surface area contributed by atoms with Crippen molar-refractivity contribution >= 4 is 20.2 Å². The smallest absolute Gasteiger partial charge is 0.298 e. The van der Waals surface area contributed by atoms with Crippen molar-refractivity contribution in [2.45, 2.75) is 23.6 Å². The molecular weight excluding hydrogens is 368 g/mol. The molecule has 0 aliphatic carbocycles. The van der Waals surface area contributed by atoms with Gasteiger partial charge in [0.05, 0.1) is 4.90 Å². The van der Waals surface area contributed by atoms with Crippen LogP contribution in [-0.2, 0) is 24.4 Å². The second-order valence-electron chi connectivity index (χ2n) is 5.36. The SMILES string of the molecule is Cc1ccc(S(=O)(=O)OCCOc2cc(C)ccc2S(=O)(=O)O)cc1. The van der Waals surface area contributed by atoms with Gasteiger partial charge in [-0.2, -0.15) is 16.8 Å². The molecule has 0 spiro atoms. The fourth-order valence-corrected chi connectivity index (χ4v) is 3.51. The summed E-state index contributed by atoms with van der Waals surface area (Å²) < 4.78 is 66.0. The lowest BCUT2D eigenvalue weighted by atomic mass is 10.2. The number of rotatable bonds is 7. The fourth-order valence-electron chi connectivity index (χ4n) is 2.01. The Kier molecular flexibility index (Phi) is 5.83. The molecule has 0 amide bonds. The van der Waals surface area contributed by atoms with Crippen LogP contribution in [0.1, 0.15) is 11.1 Å². The Morgan fingerprint density at radius 2 is 1.48 bits per heavy atom. The molecule has 25 heavy (non-hydrogen) atoms. The molecule has 7 nitrogen and oxygen atoms in total. The average Bonchev–Trinajstić information content (AvgIpc) is 2.51. The maximum Gasteiger partial charge on any atom is 0.298 e. The third kappa shape index (κ3) is 5.27. The van der Waals surface area contributed by atoms with Gasteiger partial charge in [0.15, 0.2) is 0 Å². The zero-order chi connectivity index (χ0) is 18.7. The Balaban J connectivity index is 2.02. The van der Waals surface area contributed by atoms with Gasteiger partial charge in [-0.05, 0) is 43.7 Å². The molecule has 0 fully saturated rings. The molecule has 0 saturated heterocycles. The van der Waals surface area contributed by atoms with Crippen molar-refractivity contribution in [3.05, 3.63) is 53.6 Å². The molecule has 0 aliphatic heterocycles. The highest BCUT2D eigenvalue weighted by Crippen LogP contribution is 2.25. The molecule has 9 heteroatoms. The van der Waals surface area contributed by atoms with Gasteiger partial charge in [0.25, 0.3) is 20.2 Å². The van der Waals surface area contributed by atoms with E-state index in [2.05, 4.69) is 0 Å². The van der Waals surface area contributed by atoms with Gasteiger partial charge in [0.1, 0.15) is 23.9 Å².